The lowest BCUT2D eigenvalue weighted by Crippen LogP contribution is -2.00. The molecule has 1 heteroatoms. The molecule has 0 amide bonds. The summed E-state index contributed by atoms with van der Waals surface area (Å²) in [5, 5.41) is 0. The van der Waals surface area contributed by atoms with E-state index in [1.165, 1.54) is 113 Å². The van der Waals surface area contributed by atoms with Gasteiger partial charge in [-0.25, -0.2) is 0 Å². The van der Waals surface area contributed by atoms with Gasteiger partial charge in [0.05, 0.1) is 0 Å². The molecule has 0 atom stereocenters. The molecule has 1 fully saturated rings. The zero-order valence-corrected chi connectivity index (χ0v) is 18.4. The van der Waals surface area contributed by atoms with E-state index in [-0.39, 0.29) is 0 Å². The fraction of sp³-hybridized carbons (Fsp3) is 0.750. The van der Waals surface area contributed by atoms with Crippen LogP contribution in [0, 0.1) is 3.57 Å². The summed E-state index contributed by atoms with van der Waals surface area (Å²) < 4.78 is 1.36. The van der Waals surface area contributed by atoms with Gasteiger partial charge in [0, 0.05) is 3.57 Å². The van der Waals surface area contributed by atoms with Crippen LogP contribution in [0.1, 0.15) is 121 Å². The zero-order chi connectivity index (χ0) is 17.6. The van der Waals surface area contributed by atoms with Crippen molar-refractivity contribution < 1.29 is 0 Å². The summed E-state index contributed by atoms with van der Waals surface area (Å²) in [6.45, 7) is 0. The van der Waals surface area contributed by atoms with Crippen LogP contribution in [0.25, 0.3) is 0 Å². The normalized spacial score (nSPS) is 21.3. The second-order valence-corrected chi connectivity index (χ2v) is 9.37. The molecule has 1 aromatic rings. The van der Waals surface area contributed by atoms with Crippen LogP contribution in [0.3, 0.4) is 0 Å². The van der Waals surface area contributed by atoms with Gasteiger partial charge >= 0.3 is 0 Å². The molecule has 0 unspecified atom stereocenters. The smallest absolute Gasteiger partial charge is 0.0130 e. The average molecular weight is 454 g/mol. The van der Waals surface area contributed by atoms with Crippen LogP contribution in [-0.4, -0.2) is 0 Å². The van der Waals surface area contributed by atoms with Crippen molar-refractivity contribution in [2.75, 3.05) is 0 Å². The van der Waals surface area contributed by atoms with Gasteiger partial charge in [-0.05, 0) is 59.0 Å². The number of benzene rings is 1. The summed E-state index contributed by atoms with van der Waals surface area (Å²) in [5.74, 6) is 0.802. The van der Waals surface area contributed by atoms with Crippen LogP contribution in [0.2, 0.25) is 0 Å². The van der Waals surface area contributed by atoms with Crippen molar-refractivity contribution in [3.05, 3.63) is 33.4 Å². The monoisotopic (exact) mass is 454 g/mol. The summed E-state index contributed by atoms with van der Waals surface area (Å²) in [6, 6.07) is 9.36. The van der Waals surface area contributed by atoms with E-state index < -0.39 is 0 Å². The van der Waals surface area contributed by atoms with Gasteiger partial charge in [-0.2, -0.15) is 0 Å². The van der Waals surface area contributed by atoms with Gasteiger partial charge < -0.3 is 0 Å². The van der Waals surface area contributed by atoms with Crippen LogP contribution in [-0.2, 0) is 0 Å². The van der Waals surface area contributed by atoms with Gasteiger partial charge in [0.2, 0.25) is 0 Å². The topological polar surface area (TPSA) is 0 Å². The van der Waals surface area contributed by atoms with Crippen LogP contribution < -0.4 is 0 Å². The second-order valence-electron chi connectivity index (χ2n) is 8.13. The standard InChI is InChI=1S/C24H39I/c25-24-20-18-23(19-21-24)22-16-14-12-10-8-6-4-2-1-3-5-7-9-11-13-15-17-22/h18-22H,1-17H2. The Balaban J connectivity index is 1.80. The van der Waals surface area contributed by atoms with Crippen LogP contribution >= 0.6 is 22.6 Å². The number of halogens is 1. The minimum Gasteiger partial charge on any atom is -0.0577 e. The minimum absolute atomic E-state index is 0.802. The number of hydrogen-bond donors (Lipinski definition) is 0. The highest BCUT2D eigenvalue weighted by Crippen LogP contribution is 2.29. The third-order valence-electron chi connectivity index (χ3n) is 5.95. The molecule has 1 aliphatic rings. The largest absolute Gasteiger partial charge is 0.0577 e. The van der Waals surface area contributed by atoms with Crippen molar-refractivity contribution in [3.8, 4) is 0 Å². The highest BCUT2D eigenvalue weighted by Gasteiger charge is 2.11. The van der Waals surface area contributed by atoms with Crippen molar-refractivity contribution in [2.45, 2.75) is 115 Å². The lowest BCUT2D eigenvalue weighted by molar-refractivity contribution is 0.474. The Hall–Kier alpha value is -0.0500. The molecule has 0 saturated heterocycles. The first-order chi connectivity index (χ1) is 12.4. The predicted octanol–water partition coefficient (Wildman–Crippen LogP) is 9.02. The van der Waals surface area contributed by atoms with Crippen molar-refractivity contribution in [1.82, 2.24) is 0 Å². The van der Waals surface area contributed by atoms with E-state index in [2.05, 4.69) is 46.9 Å². The zero-order valence-electron chi connectivity index (χ0n) is 16.3. The molecule has 142 valence electrons. The van der Waals surface area contributed by atoms with Gasteiger partial charge in [-0.1, -0.05) is 108 Å². The SMILES string of the molecule is Ic1ccc(C2CCCCCCCCCCCCCCCCC2)cc1. The Morgan fingerprint density at radius 1 is 0.480 bits per heavy atom. The quantitative estimate of drug-likeness (QED) is 0.371. The fourth-order valence-electron chi connectivity index (χ4n) is 4.29. The van der Waals surface area contributed by atoms with Gasteiger partial charge in [-0.15, -0.1) is 0 Å². The molecule has 0 spiro atoms. The van der Waals surface area contributed by atoms with E-state index in [4.69, 9.17) is 0 Å². The summed E-state index contributed by atoms with van der Waals surface area (Å²) in [4.78, 5) is 0. The molecular weight excluding hydrogens is 415 g/mol. The lowest BCUT2D eigenvalue weighted by atomic mass is 9.88. The Morgan fingerprint density at radius 3 is 1.16 bits per heavy atom. The highest BCUT2D eigenvalue weighted by atomic mass is 127. The molecule has 1 saturated carbocycles. The summed E-state index contributed by atoms with van der Waals surface area (Å²) in [5.41, 5.74) is 1.59. The number of rotatable bonds is 1. The second kappa shape index (κ2) is 14.1. The lowest BCUT2D eigenvalue weighted by Gasteiger charge is -2.18. The Morgan fingerprint density at radius 2 is 0.800 bits per heavy atom. The van der Waals surface area contributed by atoms with E-state index in [9.17, 15) is 0 Å². The van der Waals surface area contributed by atoms with Gasteiger partial charge in [-0.3, -0.25) is 0 Å². The number of hydrogen-bond acceptors (Lipinski definition) is 0. The van der Waals surface area contributed by atoms with Crippen molar-refractivity contribution in [1.29, 1.82) is 0 Å². The molecule has 0 radical (unpaired) electrons. The van der Waals surface area contributed by atoms with Crippen LogP contribution in [0.5, 0.6) is 0 Å². The Kier molecular flexibility index (Phi) is 12.0. The summed E-state index contributed by atoms with van der Waals surface area (Å²) >= 11 is 2.42. The van der Waals surface area contributed by atoms with Gasteiger partial charge in [0.25, 0.3) is 0 Å². The first-order valence-corrected chi connectivity index (χ1v) is 12.2. The Labute approximate surface area is 170 Å². The molecule has 1 aromatic carbocycles. The molecule has 0 nitrogen and oxygen atoms in total. The first kappa shape index (κ1) is 21.3. The predicted molar refractivity (Wildman–Crippen MR) is 120 cm³/mol. The van der Waals surface area contributed by atoms with Crippen molar-refractivity contribution >= 4 is 22.6 Å². The molecule has 0 N–H and O–H groups in total. The summed E-state index contributed by atoms with van der Waals surface area (Å²) in [7, 11) is 0. The third-order valence-corrected chi connectivity index (χ3v) is 6.67. The van der Waals surface area contributed by atoms with Crippen molar-refractivity contribution in [3.63, 3.8) is 0 Å². The first-order valence-electron chi connectivity index (χ1n) is 11.1. The van der Waals surface area contributed by atoms with Crippen LogP contribution in [0.4, 0.5) is 0 Å². The fourth-order valence-corrected chi connectivity index (χ4v) is 4.65. The molecule has 0 aromatic heterocycles. The molecule has 0 aliphatic heterocycles. The molecule has 0 heterocycles. The minimum atomic E-state index is 0.802. The van der Waals surface area contributed by atoms with E-state index in [1.54, 1.807) is 5.56 Å². The molecule has 2 rings (SSSR count). The molecule has 25 heavy (non-hydrogen) atoms. The maximum absolute atomic E-state index is 2.42. The van der Waals surface area contributed by atoms with E-state index in [0.29, 0.717) is 0 Å². The van der Waals surface area contributed by atoms with Gasteiger partial charge in [0.15, 0.2) is 0 Å². The molecule has 1 aliphatic carbocycles. The maximum atomic E-state index is 2.42. The van der Waals surface area contributed by atoms with Crippen molar-refractivity contribution in [2.24, 2.45) is 0 Å². The summed E-state index contributed by atoms with van der Waals surface area (Å²) in [6.07, 6.45) is 24.7. The third kappa shape index (κ3) is 10.0. The average Bonchev–Trinajstić information content (AvgIpc) is 2.62. The van der Waals surface area contributed by atoms with Gasteiger partial charge in [0.1, 0.15) is 0 Å². The highest BCUT2D eigenvalue weighted by molar-refractivity contribution is 14.1. The van der Waals surface area contributed by atoms with E-state index >= 15 is 0 Å². The maximum Gasteiger partial charge on any atom is 0.0130 e. The molecular formula is C24H39I. The Bertz CT molecular complexity index is 404. The van der Waals surface area contributed by atoms with E-state index in [1.807, 2.05) is 0 Å². The molecule has 0 bridgehead atoms. The van der Waals surface area contributed by atoms with Crippen LogP contribution in [0.15, 0.2) is 24.3 Å². The van der Waals surface area contributed by atoms with E-state index in [0.717, 1.165) is 5.92 Å².